The molecule has 0 aliphatic heterocycles. The van der Waals surface area contributed by atoms with Crippen molar-refractivity contribution in [3.05, 3.63) is 48.3 Å². The van der Waals surface area contributed by atoms with Gasteiger partial charge in [-0.1, -0.05) is 13.0 Å². The smallest absolute Gasteiger partial charge is 0.110 e. The molecule has 0 aliphatic carbocycles. The van der Waals surface area contributed by atoms with Gasteiger partial charge in [0.1, 0.15) is 5.82 Å². The molecule has 2 aromatic heterocycles. The number of hydrogen-bond acceptors (Lipinski definition) is 3. The molecule has 0 saturated heterocycles. The molecule has 0 amide bonds. The van der Waals surface area contributed by atoms with Gasteiger partial charge in [0.05, 0.1) is 0 Å². The van der Waals surface area contributed by atoms with Crippen molar-refractivity contribution in [1.82, 2.24) is 19.9 Å². The number of aryl methyl sites for hydroxylation is 2. The zero-order valence-electron chi connectivity index (χ0n) is 13.1. The number of imidazole rings is 1. The monoisotopic (exact) mass is 286 g/mol. The fourth-order valence-electron chi connectivity index (χ4n) is 2.55. The first kappa shape index (κ1) is 15.7. The van der Waals surface area contributed by atoms with Crippen LogP contribution in [-0.4, -0.2) is 27.1 Å². The maximum Gasteiger partial charge on any atom is 0.110 e. The number of aromatic nitrogens is 3. The lowest BCUT2D eigenvalue weighted by Crippen LogP contribution is -2.33. The van der Waals surface area contributed by atoms with Crippen LogP contribution in [0.2, 0.25) is 0 Å². The van der Waals surface area contributed by atoms with Gasteiger partial charge in [-0.2, -0.15) is 0 Å². The molecule has 2 heterocycles. The largest absolute Gasteiger partial charge is 0.335 e. The third kappa shape index (κ3) is 4.97. The second-order valence-corrected chi connectivity index (χ2v) is 5.38. The van der Waals surface area contributed by atoms with E-state index in [4.69, 9.17) is 0 Å². The van der Waals surface area contributed by atoms with Gasteiger partial charge in [-0.25, -0.2) is 4.98 Å². The summed E-state index contributed by atoms with van der Waals surface area (Å²) >= 11 is 0. The maximum absolute atomic E-state index is 4.50. The van der Waals surface area contributed by atoms with Gasteiger partial charge in [0.15, 0.2) is 0 Å². The molecule has 1 N–H and O–H groups in total. The first-order valence-corrected chi connectivity index (χ1v) is 7.95. The highest BCUT2D eigenvalue weighted by molar-refractivity contribution is 5.09. The molecule has 4 nitrogen and oxygen atoms in total. The third-order valence-corrected chi connectivity index (χ3v) is 3.76. The third-order valence-electron chi connectivity index (χ3n) is 3.76. The Labute approximate surface area is 127 Å². The highest BCUT2D eigenvalue weighted by Crippen LogP contribution is 2.09. The van der Waals surface area contributed by atoms with Crippen LogP contribution in [0.1, 0.15) is 38.1 Å². The van der Waals surface area contributed by atoms with E-state index in [0.29, 0.717) is 6.04 Å². The Bertz CT molecular complexity index is 507. The quantitative estimate of drug-likeness (QED) is 0.771. The normalized spacial score (nSPS) is 12.5. The maximum atomic E-state index is 4.50. The summed E-state index contributed by atoms with van der Waals surface area (Å²) < 4.78 is 2.23. The summed E-state index contributed by atoms with van der Waals surface area (Å²) in [6.07, 6.45) is 12.1. The van der Waals surface area contributed by atoms with Crippen LogP contribution in [-0.2, 0) is 19.4 Å². The Hall–Kier alpha value is -1.68. The van der Waals surface area contributed by atoms with Crippen molar-refractivity contribution in [3.63, 3.8) is 0 Å². The molecule has 21 heavy (non-hydrogen) atoms. The fourth-order valence-corrected chi connectivity index (χ4v) is 2.55. The van der Waals surface area contributed by atoms with E-state index in [1.165, 1.54) is 11.4 Å². The standard InChI is InChI=1S/C17H26N4/c1-3-9-19-16(8-7-15-6-5-10-18-14-15)13-17-20-11-12-21(17)4-2/h5-6,10-12,14,16,19H,3-4,7-9,13H2,1-2H3. The molecule has 0 aliphatic rings. The average Bonchev–Trinajstić information content (AvgIpc) is 2.98. The second kappa shape index (κ2) is 8.57. The zero-order chi connectivity index (χ0) is 14.9. The lowest BCUT2D eigenvalue weighted by atomic mass is 10.0. The van der Waals surface area contributed by atoms with Crippen LogP contribution >= 0.6 is 0 Å². The average molecular weight is 286 g/mol. The summed E-state index contributed by atoms with van der Waals surface area (Å²) in [5.41, 5.74) is 1.31. The number of pyridine rings is 1. The Kier molecular flexibility index (Phi) is 6.41. The predicted molar refractivity (Wildman–Crippen MR) is 86.2 cm³/mol. The topological polar surface area (TPSA) is 42.7 Å². The summed E-state index contributed by atoms with van der Waals surface area (Å²) in [5, 5.41) is 3.66. The molecule has 4 heteroatoms. The van der Waals surface area contributed by atoms with E-state index in [1.807, 2.05) is 24.7 Å². The minimum atomic E-state index is 0.470. The molecule has 0 aromatic carbocycles. The van der Waals surface area contributed by atoms with Gasteiger partial charge >= 0.3 is 0 Å². The molecular formula is C17H26N4. The SMILES string of the molecule is CCCNC(CCc1cccnc1)Cc1nccn1CC. The summed E-state index contributed by atoms with van der Waals surface area (Å²) in [7, 11) is 0. The first-order chi connectivity index (χ1) is 10.3. The Morgan fingerprint density at radius 1 is 1.29 bits per heavy atom. The van der Waals surface area contributed by atoms with Crippen molar-refractivity contribution >= 4 is 0 Å². The van der Waals surface area contributed by atoms with Crippen molar-refractivity contribution < 1.29 is 0 Å². The van der Waals surface area contributed by atoms with Gasteiger partial charge < -0.3 is 9.88 Å². The van der Waals surface area contributed by atoms with Gasteiger partial charge in [0.2, 0.25) is 0 Å². The lowest BCUT2D eigenvalue weighted by molar-refractivity contribution is 0.461. The highest BCUT2D eigenvalue weighted by Gasteiger charge is 2.12. The van der Waals surface area contributed by atoms with Crippen LogP contribution < -0.4 is 5.32 Å². The van der Waals surface area contributed by atoms with Gasteiger partial charge in [-0.3, -0.25) is 4.98 Å². The van der Waals surface area contributed by atoms with Crippen molar-refractivity contribution in [1.29, 1.82) is 0 Å². The predicted octanol–water partition coefficient (Wildman–Crippen LogP) is 2.84. The van der Waals surface area contributed by atoms with E-state index in [1.54, 1.807) is 0 Å². The van der Waals surface area contributed by atoms with E-state index in [9.17, 15) is 0 Å². The summed E-state index contributed by atoms with van der Waals surface area (Å²) in [4.78, 5) is 8.69. The molecule has 0 saturated carbocycles. The molecule has 1 unspecified atom stereocenters. The van der Waals surface area contributed by atoms with E-state index in [-0.39, 0.29) is 0 Å². The van der Waals surface area contributed by atoms with Crippen LogP contribution in [0.25, 0.3) is 0 Å². The lowest BCUT2D eigenvalue weighted by Gasteiger charge is -2.18. The van der Waals surface area contributed by atoms with Crippen molar-refractivity contribution in [2.45, 2.75) is 52.1 Å². The molecule has 0 radical (unpaired) electrons. The molecule has 2 rings (SSSR count). The van der Waals surface area contributed by atoms with E-state index in [0.717, 1.165) is 38.8 Å². The van der Waals surface area contributed by atoms with Gasteiger partial charge in [-0.05, 0) is 44.4 Å². The Balaban J connectivity index is 1.94. The van der Waals surface area contributed by atoms with Crippen LogP contribution in [0.3, 0.4) is 0 Å². The van der Waals surface area contributed by atoms with E-state index in [2.05, 4.69) is 46.0 Å². The number of nitrogens with zero attached hydrogens (tertiary/aromatic N) is 3. The molecule has 0 spiro atoms. The van der Waals surface area contributed by atoms with Crippen molar-refractivity contribution in [2.75, 3.05) is 6.54 Å². The molecule has 0 bridgehead atoms. The summed E-state index contributed by atoms with van der Waals surface area (Å²) in [6, 6.07) is 4.63. The molecule has 2 aromatic rings. The molecule has 114 valence electrons. The van der Waals surface area contributed by atoms with E-state index < -0.39 is 0 Å². The fraction of sp³-hybridized carbons (Fsp3) is 0.529. The van der Waals surface area contributed by atoms with Crippen LogP contribution in [0.4, 0.5) is 0 Å². The minimum Gasteiger partial charge on any atom is -0.335 e. The van der Waals surface area contributed by atoms with Crippen molar-refractivity contribution in [2.24, 2.45) is 0 Å². The van der Waals surface area contributed by atoms with Crippen LogP contribution in [0.5, 0.6) is 0 Å². The van der Waals surface area contributed by atoms with Gasteiger partial charge in [0.25, 0.3) is 0 Å². The number of nitrogens with one attached hydrogen (secondary N) is 1. The first-order valence-electron chi connectivity index (χ1n) is 7.95. The van der Waals surface area contributed by atoms with Crippen molar-refractivity contribution in [3.8, 4) is 0 Å². The Morgan fingerprint density at radius 2 is 2.19 bits per heavy atom. The molecule has 1 atom stereocenters. The molecule has 0 fully saturated rings. The highest BCUT2D eigenvalue weighted by atomic mass is 15.1. The van der Waals surface area contributed by atoms with Crippen LogP contribution in [0.15, 0.2) is 36.9 Å². The Morgan fingerprint density at radius 3 is 2.90 bits per heavy atom. The molecular weight excluding hydrogens is 260 g/mol. The van der Waals surface area contributed by atoms with E-state index >= 15 is 0 Å². The van der Waals surface area contributed by atoms with Gasteiger partial charge in [-0.15, -0.1) is 0 Å². The second-order valence-electron chi connectivity index (χ2n) is 5.38. The minimum absolute atomic E-state index is 0.470. The summed E-state index contributed by atoms with van der Waals surface area (Å²) in [5.74, 6) is 1.18. The van der Waals surface area contributed by atoms with Crippen LogP contribution in [0, 0.1) is 0 Å². The summed E-state index contributed by atoms with van der Waals surface area (Å²) in [6.45, 7) is 6.41. The van der Waals surface area contributed by atoms with Gasteiger partial charge in [0, 0.05) is 43.8 Å². The number of hydrogen-bond donors (Lipinski definition) is 1. The zero-order valence-corrected chi connectivity index (χ0v) is 13.1. The number of rotatable bonds is 9.